The molecule has 1 aromatic heterocycles. The maximum atomic E-state index is 13.1. The van der Waals surface area contributed by atoms with Crippen molar-refractivity contribution in [3.63, 3.8) is 0 Å². The lowest BCUT2D eigenvalue weighted by Gasteiger charge is -2.23. The van der Waals surface area contributed by atoms with Crippen molar-refractivity contribution in [2.75, 3.05) is 25.0 Å². The van der Waals surface area contributed by atoms with Gasteiger partial charge in [-0.25, -0.2) is 9.67 Å². The van der Waals surface area contributed by atoms with E-state index < -0.39 is 0 Å². The molecule has 2 heterocycles. The number of amides is 2. The van der Waals surface area contributed by atoms with Crippen LogP contribution in [0, 0.1) is 13.8 Å². The van der Waals surface area contributed by atoms with Crippen molar-refractivity contribution in [3.05, 3.63) is 59.1 Å². The number of nitrogens with one attached hydrogen (secondary N) is 1. The standard InChI is InChI=1S/C27H32ClN5O4/c1-19-29-20(2)33(31-19)15-13-27(35)32-14-7-3-4-8-16-36-24-9-5-6-10-25(24)37-23-12-11-21(28)17-22(23)30-26(34)18-32/h5-6,9-12,17H,3-4,7-8,13-16,18H2,1-2H3,(H,30,34). The highest BCUT2D eigenvalue weighted by Gasteiger charge is 2.20. The molecule has 37 heavy (non-hydrogen) atoms. The number of hydrogen-bond donors (Lipinski definition) is 1. The molecule has 10 heteroatoms. The van der Waals surface area contributed by atoms with Crippen LogP contribution in [0.25, 0.3) is 0 Å². The van der Waals surface area contributed by atoms with E-state index in [-0.39, 0.29) is 24.8 Å². The molecule has 0 saturated carbocycles. The third-order valence-corrected chi connectivity index (χ3v) is 6.29. The molecule has 0 spiro atoms. The zero-order chi connectivity index (χ0) is 26.2. The van der Waals surface area contributed by atoms with Gasteiger partial charge in [0.15, 0.2) is 17.2 Å². The Kier molecular flexibility index (Phi) is 9.00. The average Bonchev–Trinajstić information content (AvgIpc) is 3.19. The van der Waals surface area contributed by atoms with Gasteiger partial charge in [0.1, 0.15) is 11.6 Å². The quantitative estimate of drug-likeness (QED) is 0.507. The predicted octanol–water partition coefficient (Wildman–Crippen LogP) is 5.15. The molecule has 1 aliphatic heterocycles. The highest BCUT2D eigenvalue weighted by Crippen LogP contribution is 2.36. The maximum absolute atomic E-state index is 13.1. The van der Waals surface area contributed by atoms with E-state index in [2.05, 4.69) is 15.4 Å². The van der Waals surface area contributed by atoms with Crippen molar-refractivity contribution in [3.8, 4) is 17.2 Å². The monoisotopic (exact) mass is 525 g/mol. The Bertz CT molecular complexity index is 1250. The van der Waals surface area contributed by atoms with Gasteiger partial charge in [0.05, 0.1) is 25.4 Å². The van der Waals surface area contributed by atoms with Gasteiger partial charge < -0.3 is 19.7 Å². The molecule has 3 aromatic rings. The Morgan fingerprint density at radius 1 is 1.05 bits per heavy atom. The number of anilines is 1. The number of fused-ring (bicyclic) bond motifs is 2. The first-order chi connectivity index (χ1) is 17.9. The lowest BCUT2D eigenvalue weighted by Crippen LogP contribution is -2.39. The number of para-hydroxylation sites is 2. The third kappa shape index (κ3) is 7.45. The number of aryl methyl sites for hydroxylation is 3. The average molecular weight is 526 g/mol. The second-order valence-corrected chi connectivity index (χ2v) is 9.43. The van der Waals surface area contributed by atoms with E-state index in [4.69, 9.17) is 21.1 Å². The SMILES string of the molecule is Cc1nc(C)n(CCC(=O)N2CCCCCCOc3ccccc3Oc3ccc(Cl)cc3NC(=O)C2)n1. The Labute approximate surface area is 221 Å². The number of aromatic nitrogens is 3. The van der Waals surface area contributed by atoms with Crippen molar-refractivity contribution in [2.45, 2.75) is 52.5 Å². The molecular formula is C27H32ClN5O4. The van der Waals surface area contributed by atoms with E-state index in [0.29, 0.717) is 53.5 Å². The summed E-state index contributed by atoms with van der Waals surface area (Å²) in [7, 11) is 0. The molecule has 4 rings (SSSR count). The van der Waals surface area contributed by atoms with Gasteiger partial charge in [0.25, 0.3) is 0 Å². The van der Waals surface area contributed by atoms with Crippen molar-refractivity contribution in [1.82, 2.24) is 19.7 Å². The summed E-state index contributed by atoms with van der Waals surface area (Å²) in [5.74, 6) is 2.59. The Hall–Kier alpha value is -3.59. The summed E-state index contributed by atoms with van der Waals surface area (Å²) in [6, 6.07) is 12.4. The summed E-state index contributed by atoms with van der Waals surface area (Å²) in [6.07, 6.45) is 3.78. The highest BCUT2D eigenvalue weighted by molar-refractivity contribution is 6.31. The fourth-order valence-corrected chi connectivity index (χ4v) is 4.36. The number of nitrogens with zero attached hydrogens (tertiary/aromatic N) is 4. The molecule has 0 fully saturated rings. The van der Waals surface area contributed by atoms with E-state index in [1.54, 1.807) is 27.8 Å². The van der Waals surface area contributed by atoms with Gasteiger partial charge in [-0.1, -0.05) is 36.6 Å². The van der Waals surface area contributed by atoms with Gasteiger partial charge >= 0.3 is 0 Å². The number of carbonyl (C=O) groups is 2. The third-order valence-electron chi connectivity index (χ3n) is 6.05. The minimum Gasteiger partial charge on any atom is -0.490 e. The van der Waals surface area contributed by atoms with Crippen LogP contribution in [0.3, 0.4) is 0 Å². The van der Waals surface area contributed by atoms with E-state index in [9.17, 15) is 9.59 Å². The first-order valence-electron chi connectivity index (χ1n) is 12.5. The summed E-state index contributed by atoms with van der Waals surface area (Å²) < 4.78 is 13.8. The number of halogens is 1. The van der Waals surface area contributed by atoms with Crippen molar-refractivity contribution >= 4 is 29.1 Å². The van der Waals surface area contributed by atoms with Gasteiger partial charge in [0, 0.05) is 18.0 Å². The number of benzene rings is 2. The van der Waals surface area contributed by atoms with Crippen LogP contribution < -0.4 is 14.8 Å². The van der Waals surface area contributed by atoms with Crippen LogP contribution in [0.4, 0.5) is 5.69 Å². The van der Waals surface area contributed by atoms with Gasteiger partial charge in [-0.3, -0.25) is 9.59 Å². The molecule has 0 atom stereocenters. The highest BCUT2D eigenvalue weighted by atomic mass is 35.5. The van der Waals surface area contributed by atoms with Crippen molar-refractivity contribution in [2.24, 2.45) is 0 Å². The Balaban J connectivity index is 1.52. The van der Waals surface area contributed by atoms with Gasteiger partial charge in [0.2, 0.25) is 11.8 Å². The second kappa shape index (κ2) is 12.6. The van der Waals surface area contributed by atoms with E-state index >= 15 is 0 Å². The number of carbonyl (C=O) groups excluding carboxylic acids is 2. The molecule has 0 radical (unpaired) electrons. The number of ether oxygens (including phenoxy) is 2. The van der Waals surface area contributed by atoms with E-state index in [1.807, 2.05) is 38.1 Å². The molecule has 1 aliphatic rings. The van der Waals surface area contributed by atoms with Crippen LogP contribution in [0.1, 0.15) is 43.8 Å². The molecule has 1 N–H and O–H groups in total. The smallest absolute Gasteiger partial charge is 0.244 e. The minimum absolute atomic E-state index is 0.0696. The van der Waals surface area contributed by atoms with Crippen LogP contribution >= 0.6 is 11.6 Å². The lowest BCUT2D eigenvalue weighted by molar-refractivity contribution is -0.135. The Morgan fingerprint density at radius 3 is 2.62 bits per heavy atom. The largest absolute Gasteiger partial charge is 0.490 e. The maximum Gasteiger partial charge on any atom is 0.244 e. The molecule has 0 aliphatic carbocycles. The Morgan fingerprint density at radius 2 is 1.84 bits per heavy atom. The lowest BCUT2D eigenvalue weighted by atomic mass is 10.2. The minimum atomic E-state index is -0.329. The molecule has 0 bridgehead atoms. The molecule has 9 nitrogen and oxygen atoms in total. The predicted molar refractivity (Wildman–Crippen MR) is 141 cm³/mol. The fraction of sp³-hybridized carbons (Fsp3) is 0.407. The van der Waals surface area contributed by atoms with E-state index in [0.717, 1.165) is 31.5 Å². The zero-order valence-electron chi connectivity index (χ0n) is 21.2. The molecule has 0 unspecified atom stereocenters. The van der Waals surface area contributed by atoms with Crippen LogP contribution in [0.2, 0.25) is 5.02 Å². The van der Waals surface area contributed by atoms with Crippen LogP contribution in [-0.4, -0.2) is 51.2 Å². The molecule has 2 aromatic carbocycles. The summed E-state index contributed by atoms with van der Waals surface area (Å²) in [5.41, 5.74) is 0.417. The zero-order valence-corrected chi connectivity index (χ0v) is 22.0. The molecule has 0 saturated heterocycles. The van der Waals surface area contributed by atoms with Gasteiger partial charge in [-0.15, -0.1) is 0 Å². The second-order valence-electron chi connectivity index (χ2n) is 8.99. The van der Waals surface area contributed by atoms with Gasteiger partial charge in [-0.05, 0) is 57.0 Å². The van der Waals surface area contributed by atoms with Crippen LogP contribution in [-0.2, 0) is 16.1 Å². The first kappa shape index (κ1) is 26.5. The summed E-state index contributed by atoms with van der Waals surface area (Å²) in [6.45, 7) is 5.07. The van der Waals surface area contributed by atoms with Crippen molar-refractivity contribution in [1.29, 1.82) is 0 Å². The molecule has 196 valence electrons. The van der Waals surface area contributed by atoms with E-state index in [1.165, 1.54) is 0 Å². The number of hydrogen-bond acceptors (Lipinski definition) is 6. The van der Waals surface area contributed by atoms with Crippen molar-refractivity contribution < 1.29 is 19.1 Å². The van der Waals surface area contributed by atoms with Crippen LogP contribution in [0.5, 0.6) is 17.2 Å². The number of rotatable bonds is 3. The fourth-order valence-electron chi connectivity index (χ4n) is 4.19. The molecular weight excluding hydrogens is 494 g/mol. The summed E-state index contributed by atoms with van der Waals surface area (Å²) >= 11 is 6.22. The normalized spacial score (nSPS) is 15.1. The summed E-state index contributed by atoms with van der Waals surface area (Å²) in [4.78, 5) is 32.1. The molecule has 2 amide bonds. The summed E-state index contributed by atoms with van der Waals surface area (Å²) in [5, 5.41) is 7.65. The van der Waals surface area contributed by atoms with Gasteiger partial charge in [-0.2, -0.15) is 5.10 Å². The van der Waals surface area contributed by atoms with Crippen LogP contribution in [0.15, 0.2) is 42.5 Å². The first-order valence-corrected chi connectivity index (χ1v) is 12.9. The topological polar surface area (TPSA) is 98.6 Å².